The number of nitrogens with one attached hydrogen (secondary N) is 1. The highest BCUT2D eigenvalue weighted by Crippen LogP contribution is 2.30. The molecule has 1 rings (SSSR count). The fourth-order valence-electron chi connectivity index (χ4n) is 1.75. The monoisotopic (exact) mass is 281 g/mol. The minimum atomic E-state index is -0.173. The number of methoxy groups -OCH3 is 2. The second kappa shape index (κ2) is 7.50. The van der Waals surface area contributed by atoms with Gasteiger partial charge in [-0.15, -0.1) is 0 Å². The highest BCUT2D eigenvalue weighted by molar-refractivity contribution is 5.43. The van der Waals surface area contributed by atoms with Crippen molar-refractivity contribution < 1.29 is 14.2 Å². The molecule has 0 heterocycles. The summed E-state index contributed by atoms with van der Waals surface area (Å²) in [4.78, 5) is 0. The van der Waals surface area contributed by atoms with E-state index in [1.165, 1.54) is 5.56 Å². The van der Waals surface area contributed by atoms with Crippen molar-refractivity contribution in [3.8, 4) is 11.5 Å². The molecule has 0 aromatic heterocycles. The summed E-state index contributed by atoms with van der Waals surface area (Å²) in [6, 6.07) is 6.31. The molecule has 1 aromatic rings. The normalized spacial score (nSPS) is 13.1. The van der Waals surface area contributed by atoms with Crippen molar-refractivity contribution in [1.82, 2.24) is 5.32 Å². The van der Waals surface area contributed by atoms with Crippen LogP contribution in [0.1, 0.15) is 38.8 Å². The molecule has 0 spiro atoms. The van der Waals surface area contributed by atoms with E-state index in [2.05, 4.69) is 18.3 Å². The van der Waals surface area contributed by atoms with Crippen molar-refractivity contribution in [2.24, 2.45) is 0 Å². The van der Waals surface area contributed by atoms with Gasteiger partial charge < -0.3 is 19.5 Å². The molecular weight excluding hydrogens is 254 g/mol. The van der Waals surface area contributed by atoms with E-state index in [9.17, 15) is 0 Å². The van der Waals surface area contributed by atoms with Crippen LogP contribution in [0.25, 0.3) is 0 Å². The molecule has 0 amide bonds. The molecule has 0 saturated carbocycles. The molecule has 0 fully saturated rings. The zero-order valence-corrected chi connectivity index (χ0v) is 13.4. The van der Waals surface area contributed by atoms with Crippen molar-refractivity contribution >= 4 is 0 Å². The lowest BCUT2D eigenvalue weighted by molar-refractivity contribution is 0.00525. The largest absolute Gasteiger partial charge is 0.493 e. The van der Waals surface area contributed by atoms with E-state index in [0.29, 0.717) is 6.61 Å². The van der Waals surface area contributed by atoms with Crippen molar-refractivity contribution in [3.63, 3.8) is 0 Å². The van der Waals surface area contributed by atoms with Gasteiger partial charge in [0.15, 0.2) is 11.5 Å². The Hall–Kier alpha value is -1.26. The van der Waals surface area contributed by atoms with Crippen molar-refractivity contribution in [3.05, 3.63) is 23.8 Å². The SMILES string of the molecule is CNC(C)c1ccc(OCCC(C)(C)OC)c(OC)c1. The molecule has 0 aliphatic heterocycles. The average molecular weight is 281 g/mol. The fourth-order valence-corrected chi connectivity index (χ4v) is 1.75. The molecule has 0 aliphatic rings. The van der Waals surface area contributed by atoms with E-state index in [1.54, 1.807) is 14.2 Å². The van der Waals surface area contributed by atoms with E-state index < -0.39 is 0 Å². The molecule has 1 N–H and O–H groups in total. The highest BCUT2D eigenvalue weighted by atomic mass is 16.5. The van der Waals surface area contributed by atoms with Gasteiger partial charge in [0.2, 0.25) is 0 Å². The van der Waals surface area contributed by atoms with E-state index in [-0.39, 0.29) is 11.6 Å². The maximum atomic E-state index is 5.81. The molecule has 0 radical (unpaired) electrons. The Bertz CT molecular complexity index is 418. The van der Waals surface area contributed by atoms with Crippen molar-refractivity contribution in [2.45, 2.75) is 38.8 Å². The van der Waals surface area contributed by atoms with E-state index >= 15 is 0 Å². The Kier molecular flexibility index (Phi) is 6.30. The van der Waals surface area contributed by atoms with E-state index in [0.717, 1.165) is 17.9 Å². The Morgan fingerprint density at radius 1 is 1.20 bits per heavy atom. The molecule has 4 nitrogen and oxygen atoms in total. The van der Waals surface area contributed by atoms with Gasteiger partial charge in [0.05, 0.1) is 19.3 Å². The van der Waals surface area contributed by atoms with Gasteiger partial charge in [-0.1, -0.05) is 6.07 Å². The fraction of sp³-hybridized carbons (Fsp3) is 0.625. The van der Waals surface area contributed by atoms with Crippen LogP contribution in [0.3, 0.4) is 0 Å². The standard InChI is InChI=1S/C16H27NO3/c1-12(17-4)13-7-8-14(15(11-13)18-5)20-10-9-16(2,3)19-6/h7-8,11-12,17H,9-10H2,1-6H3. The van der Waals surface area contributed by atoms with Crippen LogP contribution in [0.4, 0.5) is 0 Å². The third kappa shape index (κ3) is 4.69. The van der Waals surface area contributed by atoms with Crippen LogP contribution in [0, 0.1) is 0 Å². The first-order valence-electron chi connectivity index (χ1n) is 6.96. The maximum Gasteiger partial charge on any atom is 0.161 e. The Labute approximate surface area is 122 Å². The summed E-state index contributed by atoms with van der Waals surface area (Å²) in [6.45, 7) is 6.80. The van der Waals surface area contributed by atoms with Gasteiger partial charge in [-0.05, 0) is 45.5 Å². The summed E-state index contributed by atoms with van der Waals surface area (Å²) in [5.74, 6) is 1.53. The molecule has 114 valence electrons. The number of hydrogen-bond donors (Lipinski definition) is 1. The van der Waals surface area contributed by atoms with Gasteiger partial charge in [-0.25, -0.2) is 0 Å². The Balaban J connectivity index is 2.71. The van der Waals surface area contributed by atoms with Crippen LogP contribution in [0.2, 0.25) is 0 Å². The van der Waals surface area contributed by atoms with E-state index in [1.807, 2.05) is 33.0 Å². The lowest BCUT2D eigenvalue weighted by Gasteiger charge is -2.23. The maximum absolute atomic E-state index is 5.81. The number of hydrogen-bond acceptors (Lipinski definition) is 4. The molecule has 0 bridgehead atoms. The molecular formula is C16H27NO3. The summed E-state index contributed by atoms with van der Waals surface area (Å²) in [5, 5.41) is 3.21. The van der Waals surface area contributed by atoms with Crippen LogP contribution in [0.15, 0.2) is 18.2 Å². The molecule has 1 atom stereocenters. The van der Waals surface area contributed by atoms with Crippen molar-refractivity contribution in [1.29, 1.82) is 0 Å². The summed E-state index contributed by atoms with van der Waals surface area (Å²) < 4.78 is 16.6. The molecule has 0 aliphatic carbocycles. The third-order valence-electron chi connectivity index (χ3n) is 3.63. The number of ether oxygens (including phenoxy) is 3. The van der Waals surface area contributed by atoms with Gasteiger partial charge in [-0.2, -0.15) is 0 Å². The van der Waals surface area contributed by atoms with Gasteiger partial charge in [-0.3, -0.25) is 0 Å². The summed E-state index contributed by atoms with van der Waals surface area (Å²) in [5.41, 5.74) is 1.00. The van der Waals surface area contributed by atoms with Gasteiger partial charge >= 0.3 is 0 Å². The second-order valence-electron chi connectivity index (χ2n) is 5.48. The highest BCUT2D eigenvalue weighted by Gasteiger charge is 2.17. The summed E-state index contributed by atoms with van der Waals surface area (Å²) in [7, 11) is 5.32. The zero-order chi connectivity index (χ0) is 15.2. The predicted molar refractivity (Wildman–Crippen MR) is 81.7 cm³/mol. The smallest absolute Gasteiger partial charge is 0.161 e. The molecule has 1 aromatic carbocycles. The first-order chi connectivity index (χ1) is 9.43. The number of benzene rings is 1. The quantitative estimate of drug-likeness (QED) is 0.794. The van der Waals surface area contributed by atoms with Gasteiger partial charge in [0.1, 0.15) is 0 Å². The van der Waals surface area contributed by atoms with Crippen LogP contribution in [-0.2, 0) is 4.74 Å². The summed E-state index contributed by atoms with van der Waals surface area (Å²) in [6.07, 6.45) is 0.821. The average Bonchev–Trinajstić information content (AvgIpc) is 2.46. The first kappa shape index (κ1) is 16.8. The zero-order valence-electron chi connectivity index (χ0n) is 13.4. The van der Waals surface area contributed by atoms with Crippen molar-refractivity contribution in [2.75, 3.05) is 27.9 Å². The van der Waals surface area contributed by atoms with Crippen LogP contribution in [-0.4, -0.2) is 33.5 Å². The molecule has 1 unspecified atom stereocenters. The third-order valence-corrected chi connectivity index (χ3v) is 3.63. The minimum Gasteiger partial charge on any atom is -0.493 e. The topological polar surface area (TPSA) is 39.7 Å². The minimum absolute atomic E-state index is 0.173. The van der Waals surface area contributed by atoms with Gasteiger partial charge in [0, 0.05) is 19.6 Å². The molecule has 0 saturated heterocycles. The van der Waals surface area contributed by atoms with Crippen LogP contribution < -0.4 is 14.8 Å². The van der Waals surface area contributed by atoms with Crippen LogP contribution in [0.5, 0.6) is 11.5 Å². The van der Waals surface area contributed by atoms with Gasteiger partial charge in [0.25, 0.3) is 0 Å². The summed E-state index contributed by atoms with van der Waals surface area (Å²) >= 11 is 0. The lowest BCUT2D eigenvalue weighted by Crippen LogP contribution is -2.25. The first-order valence-corrected chi connectivity index (χ1v) is 6.96. The molecule has 4 heteroatoms. The Morgan fingerprint density at radius 2 is 1.90 bits per heavy atom. The van der Waals surface area contributed by atoms with Crippen LogP contribution >= 0.6 is 0 Å². The Morgan fingerprint density at radius 3 is 2.45 bits per heavy atom. The number of rotatable bonds is 8. The second-order valence-corrected chi connectivity index (χ2v) is 5.48. The molecule has 20 heavy (non-hydrogen) atoms. The van der Waals surface area contributed by atoms with E-state index in [4.69, 9.17) is 14.2 Å². The predicted octanol–water partition coefficient (Wildman–Crippen LogP) is 3.17. The lowest BCUT2D eigenvalue weighted by atomic mass is 10.1.